The van der Waals surface area contributed by atoms with Crippen LogP contribution >= 0.6 is 0 Å². The van der Waals surface area contributed by atoms with E-state index in [1.165, 1.54) is 0 Å². The van der Waals surface area contributed by atoms with E-state index >= 15 is 0 Å². The Kier molecular flexibility index (Phi) is 5.80. The zero-order valence-electron chi connectivity index (χ0n) is 19.2. The highest BCUT2D eigenvalue weighted by atomic mass is 16.6. The fourth-order valence-electron chi connectivity index (χ4n) is 5.44. The summed E-state index contributed by atoms with van der Waals surface area (Å²) in [6.07, 6.45) is 8.90. The first-order valence-corrected chi connectivity index (χ1v) is 11.4. The van der Waals surface area contributed by atoms with Gasteiger partial charge in [-0.05, 0) is 58.4 Å². The zero-order chi connectivity index (χ0) is 22.4. The van der Waals surface area contributed by atoms with E-state index in [4.69, 9.17) is 18.6 Å². The van der Waals surface area contributed by atoms with E-state index in [2.05, 4.69) is 20.8 Å². The number of furan rings is 1. The van der Waals surface area contributed by atoms with Gasteiger partial charge in [0.15, 0.2) is 0 Å². The SMILES string of the molecule is C/C=C(\C)C(=O)O[C@H]1CC[C@H]2O[C@@]2(C)[C@@]1(C)CC[C@@H](C)[C@H]1C[C@H](c2ccoc2)OC1=O. The Morgan fingerprint density at radius 1 is 1.35 bits per heavy atom. The summed E-state index contributed by atoms with van der Waals surface area (Å²) in [7, 11) is 0. The van der Waals surface area contributed by atoms with Gasteiger partial charge in [0, 0.05) is 23.0 Å². The van der Waals surface area contributed by atoms with Crippen molar-refractivity contribution >= 4 is 11.9 Å². The average Bonchev–Trinajstić information content (AvgIpc) is 3.11. The molecule has 1 aromatic rings. The van der Waals surface area contributed by atoms with Crippen molar-refractivity contribution in [1.82, 2.24) is 0 Å². The molecular weight excluding hydrogens is 396 g/mol. The van der Waals surface area contributed by atoms with Crippen LogP contribution < -0.4 is 0 Å². The lowest BCUT2D eigenvalue weighted by Crippen LogP contribution is -2.50. The average molecular weight is 431 g/mol. The normalized spacial score (nSPS) is 38.4. The maximum absolute atomic E-state index is 12.6. The third-order valence-corrected chi connectivity index (χ3v) is 8.23. The molecule has 0 spiro atoms. The minimum Gasteiger partial charge on any atom is -0.472 e. The molecule has 7 atom stereocenters. The van der Waals surface area contributed by atoms with Gasteiger partial charge in [0.2, 0.25) is 0 Å². The Balaban J connectivity index is 1.43. The van der Waals surface area contributed by atoms with Gasteiger partial charge in [-0.2, -0.15) is 0 Å². The molecule has 0 bridgehead atoms. The highest BCUT2D eigenvalue weighted by Crippen LogP contribution is 2.61. The Bertz CT molecular complexity index is 857. The van der Waals surface area contributed by atoms with Gasteiger partial charge < -0.3 is 18.6 Å². The second-order valence-electron chi connectivity index (χ2n) is 9.91. The standard InChI is InChI=1S/C25H34O6/c1-6-15(2)22(26)30-20-7-8-21-25(5,31-21)24(20,4)11-9-16(3)18-13-19(29-23(18)27)17-10-12-28-14-17/h6,10,12,14,16,18-21H,7-9,11,13H2,1-5H3/b15-6+/t16-,18-,19-,20+,21-,24+,25-/m1/s1. The third kappa shape index (κ3) is 3.84. The van der Waals surface area contributed by atoms with E-state index in [1.54, 1.807) is 25.5 Å². The van der Waals surface area contributed by atoms with Crippen molar-refractivity contribution in [3.63, 3.8) is 0 Å². The number of allylic oxidation sites excluding steroid dienone is 1. The predicted molar refractivity (Wildman–Crippen MR) is 114 cm³/mol. The van der Waals surface area contributed by atoms with Crippen LogP contribution in [0.15, 0.2) is 34.7 Å². The summed E-state index contributed by atoms with van der Waals surface area (Å²) in [5.74, 6) is -0.359. The first kappa shape index (κ1) is 22.1. The highest BCUT2D eigenvalue weighted by molar-refractivity contribution is 5.87. The molecule has 2 aliphatic heterocycles. The number of fused-ring (bicyclic) bond motifs is 1. The van der Waals surface area contributed by atoms with E-state index in [0.29, 0.717) is 12.0 Å². The Morgan fingerprint density at radius 2 is 2.13 bits per heavy atom. The van der Waals surface area contributed by atoms with Crippen molar-refractivity contribution in [3.8, 4) is 0 Å². The van der Waals surface area contributed by atoms with E-state index in [9.17, 15) is 9.59 Å². The van der Waals surface area contributed by atoms with Crippen LogP contribution in [0.5, 0.6) is 0 Å². The summed E-state index contributed by atoms with van der Waals surface area (Å²) in [4.78, 5) is 25.0. The molecule has 0 aromatic carbocycles. The highest BCUT2D eigenvalue weighted by Gasteiger charge is 2.69. The Labute approximate surface area is 184 Å². The molecule has 1 saturated carbocycles. The van der Waals surface area contributed by atoms with Crippen LogP contribution in [0.4, 0.5) is 0 Å². The van der Waals surface area contributed by atoms with Gasteiger partial charge in [-0.25, -0.2) is 4.79 Å². The minimum absolute atomic E-state index is 0.133. The number of ether oxygens (including phenoxy) is 3. The fourth-order valence-corrected chi connectivity index (χ4v) is 5.44. The number of carbonyl (C=O) groups is 2. The van der Waals surface area contributed by atoms with Crippen LogP contribution in [0.2, 0.25) is 0 Å². The summed E-state index contributed by atoms with van der Waals surface area (Å²) < 4.78 is 22.9. The van der Waals surface area contributed by atoms with Crippen LogP contribution in [0.1, 0.15) is 78.4 Å². The van der Waals surface area contributed by atoms with Crippen molar-refractivity contribution in [3.05, 3.63) is 35.8 Å². The molecule has 0 N–H and O–H groups in total. The largest absolute Gasteiger partial charge is 0.472 e. The fraction of sp³-hybridized carbons (Fsp3) is 0.680. The summed E-state index contributed by atoms with van der Waals surface area (Å²) in [5.41, 5.74) is 0.962. The molecule has 4 rings (SSSR count). The molecule has 0 unspecified atom stereocenters. The molecule has 1 aliphatic carbocycles. The van der Waals surface area contributed by atoms with E-state index < -0.39 is 0 Å². The number of carbonyl (C=O) groups excluding carboxylic acids is 2. The first-order valence-electron chi connectivity index (χ1n) is 11.4. The molecule has 3 heterocycles. The minimum atomic E-state index is -0.291. The second kappa shape index (κ2) is 8.12. The van der Waals surface area contributed by atoms with E-state index in [-0.39, 0.29) is 53.1 Å². The molecule has 170 valence electrons. The van der Waals surface area contributed by atoms with Crippen molar-refractivity contribution in [2.75, 3.05) is 0 Å². The number of esters is 2. The number of hydrogen-bond acceptors (Lipinski definition) is 6. The topological polar surface area (TPSA) is 78.3 Å². The monoisotopic (exact) mass is 430 g/mol. The van der Waals surface area contributed by atoms with Crippen LogP contribution in [0.3, 0.4) is 0 Å². The van der Waals surface area contributed by atoms with Gasteiger partial charge in [0.25, 0.3) is 0 Å². The Morgan fingerprint density at radius 3 is 2.81 bits per heavy atom. The lowest BCUT2D eigenvalue weighted by Gasteiger charge is -2.44. The van der Waals surface area contributed by atoms with Crippen LogP contribution in [-0.4, -0.2) is 29.7 Å². The molecular formula is C25H34O6. The smallest absolute Gasteiger partial charge is 0.333 e. The predicted octanol–water partition coefficient (Wildman–Crippen LogP) is 5.14. The van der Waals surface area contributed by atoms with E-state index in [0.717, 1.165) is 31.2 Å². The molecule has 6 nitrogen and oxygen atoms in total. The summed E-state index contributed by atoms with van der Waals surface area (Å²) in [6, 6.07) is 1.85. The van der Waals surface area contributed by atoms with Gasteiger partial charge in [-0.15, -0.1) is 0 Å². The van der Waals surface area contributed by atoms with Crippen molar-refractivity contribution in [1.29, 1.82) is 0 Å². The number of hydrogen-bond donors (Lipinski definition) is 0. The second-order valence-corrected chi connectivity index (χ2v) is 9.91. The molecule has 0 radical (unpaired) electrons. The number of rotatable bonds is 7. The molecule has 6 heteroatoms. The van der Waals surface area contributed by atoms with Crippen LogP contribution in [-0.2, 0) is 23.8 Å². The van der Waals surface area contributed by atoms with Crippen molar-refractivity contribution < 1.29 is 28.2 Å². The number of epoxide rings is 1. The third-order valence-electron chi connectivity index (χ3n) is 8.23. The van der Waals surface area contributed by atoms with Crippen molar-refractivity contribution in [2.24, 2.45) is 17.3 Å². The van der Waals surface area contributed by atoms with Gasteiger partial charge in [-0.1, -0.05) is 19.9 Å². The van der Waals surface area contributed by atoms with Crippen molar-refractivity contribution in [2.45, 2.75) is 90.6 Å². The Hall–Kier alpha value is -2.08. The summed E-state index contributed by atoms with van der Waals surface area (Å²) in [5, 5.41) is 0. The molecule has 0 amide bonds. The maximum atomic E-state index is 12.6. The quantitative estimate of drug-likeness (QED) is 0.339. The van der Waals surface area contributed by atoms with Crippen LogP contribution in [0, 0.1) is 17.3 Å². The van der Waals surface area contributed by atoms with Gasteiger partial charge in [0.05, 0.1) is 24.5 Å². The van der Waals surface area contributed by atoms with Gasteiger partial charge >= 0.3 is 11.9 Å². The molecule has 3 aliphatic rings. The summed E-state index contributed by atoms with van der Waals surface area (Å²) in [6.45, 7) is 10.1. The molecule has 31 heavy (non-hydrogen) atoms. The molecule has 1 aromatic heterocycles. The molecule has 2 saturated heterocycles. The van der Waals surface area contributed by atoms with E-state index in [1.807, 2.05) is 13.0 Å². The first-order chi connectivity index (χ1) is 14.7. The zero-order valence-corrected chi connectivity index (χ0v) is 19.2. The van der Waals surface area contributed by atoms with Gasteiger partial charge in [0.1, 0.15) is 17.8 Å². The molecule has 3 fully saturated rings. The van der Waals surface area contributed by atoms with Crippen LogP contribution in [0.25, 0.3) is 0 Å². The summed E-state index contributed by atoms with van der Waals surface area (Å²) >= 11 is 0. The van der Waals surface area contributed by atoms with Gasteiger partial charge in [-0.3, -0.25) is 4.79 Å². The lowest BCUT2D eigenvalue weighted by atomic mass is 9.62. The maximum Gasteiger partial charge on any atom is 0.333 e. The number of cyclic esters (lactones) is 1. The lowest BCUT2D eigenvalue weighted by molar-refractivity contribution is -0.157.